The number of allylic oxidation sites excluding steroid dienone is 1. The van der Waals surface area contributed by atoms with Gasteiger partial charge in [-0.15, -0.1) is 11.5 Å². The van der Waals surface area contributed by atoms with Gasteiger partial charge in [0.1, 0.15) is 24.0 Å². The van der Waals surface area contributed by atoms with Crippen LogP contribution in [-0.4, -0.2) is 16.8 Å². The van der Waals surface area contributed by atoms with Crippen LogP contribution in [0, 0.1) is 30.6 Å². The zero-order valence-corrected chi connectivity index (χ0v) is 13.5. The number of aryl methyl sites for hydroxylation is 1. The minimum atomic E-state index is -0.420. The Morgan fingerprint density at radius 3 is 3.00 bits per heavy atom. The van der Waals surface area contributed by atoms with E-state index in [1.165, 1.54) is 0 Å². The molecular formula is C17H13ClN4O2. The molecule has 1 atom stereocenters. The van der Waals surface area contributed by atoms with Gasteiger partial charge in [-0.3, -0.25) is 5.10 Å². The first-order valence-electron chi connectivity index (χ1n) is 7.05. The first-order chi connectivity index (χ1) is 11.6. The van der Waals surface area contributed by atoms with Crippen molar-refractivity contribution >= 4 is 11.6 Å². The molecule has 24 heavy (non-hydrogen) atoms. The van der Waals surface area contributed by atoms with Gasteiger partial charge >= 0.3 is 0 Å². The van der Waals surface area contributed by atoms with Crippen molar-refractivity contribution in [2.45, 2.75) is 12.8 Å². The summed E-state index contributed by atoms with van der Waals surface area (Å²) in [5.74, 6) is 2.83. The summed E-state index contributed by atoms with van der Waals surface area (Å²) in [5, 5.41) is 16.8. The lowest BCUT2D eigenvalue weighted by molar-refractivity contribution is 0.370. The second-order valence-corrected chi connectivity index (χ2v) is 5.58. The number of ether oxygens (including phenoxy) is 2. The number of fused-ring (bicyclic) bond motifs is 1. The number of hydrogen-bond donors (Lipinski definition) is 2. The fourth-order valence-corrected chi connectivity index (χ4v) is 2.91. The van der Waals surface area contributed by atoms with E-state index < -0.39 is 5.92 Å². The van der Waals surface area contributed by atoms with Crippen LogP contribution in [-0.2, 0) is 0 Å². The van der Waals surface area contributed by atoms with Gasteiger partial charge in [0.05, 0.1) is 10.9 Å². The van der Waals surface area contributed by atoms with Crippen molar-refractivity contribution in [1.82, 2.24) is 10.2 Å². The van der Waals surface area contributed by atoms with Crippen LogP contribution in [0.1, 0.15) is 22.7 Å². The smallest absolute Gasteiger partial charge is 0.244 e. The summed E-state index contributed by atoms with van der Waals surface area (Å²) in [6.45, 7) is 1.97. The van der Waals surface area contributed by atoms with Crippen LogP contribution in [0.15, 0.2) is 29.7 Å². The van der Waals surface area contributed by atoms with Gasteiger partial charge in [0.2, 0.25) is 11.8 Å². The van der Waals surface area contributed by atoms with Gasteiger partial charge in [0.25, 0.3) is 0 Å². The molecule has 2 heterocycles. The molecular weight excluding hydrogens is 328 g/mol. The summed E-state index contributed by atoms with van der Waals surface area (Å²) in [5.41, 5.74) is 8.51. The van der Waals surface area contributed by atoms with Crippen LogP contribution >= 0.6 is 11.6 Å². The van der Waals surface area contributed by atoms with E-state index in [4.69, 9.17) is 33.2 Å². The second kappa shape index (κ2) is 6.19. The quantitative estimate of drug-likeness (QED) is 0.837. The largest absolute Gasteiger partial charge is 0.479 e. The number of terminal acetylenes is 1. The van der Waals surface area contributed by atoms with Crippen molar-refractivity contribution in [3.8, 4) is 30.0 Å². The van der Waals surface area contributed by atoms with Crippen LogP contribution in [0.4, 0.5) is 0 Å². The summed E-state index contributed by atoms with van der Waals surface area (Å²) >= 11 is 6.27. The summed E-state index contributed by atoms with van der Waals surface area (Å²) in [6, 6.07) is 7.37. The summed E-state index contributed by atoms with van der Waals surface area (Å²) in [6.07, 6.45) is 5.18. The predicted octanol–water partition coefficient (Wildman–Crippen LogP) is 2.60. The second-order valence-electron chi connectivity index (χ2n) is 5.17. The number of halogens is 1. The Morgan fingerprint density at radius 2 is 2.33 bits per heavy atom. The fraction of sp³-hybridized carbons (Fsp3) is 0.176. The van der Waals surface area contributed by atoms with Crippen LogP contribution < -0.4 is 15.2 Å². The van der Waals surface area contributed by atoms with Gasteiger partial charge in [-0.05, 0) is 24.6 Å². The highest BCUT2D eigenvalue weighted by Gasteiger charge is 2.34. The lowest BCUT2D eigenvalue weighted by Gasteiger charge is -2.24. The summed E-state index contributed by atoms with van der Waals surface area (Å²) in [7, 11) is 0. The Kier molecular flexibility index (Phi) is 4.07. The van der Waals surface area contributed by atoms with Gasteiger partial charge in [-0.1, -0.05) is 23.6 Å². The topological polar surface area (TPSA) is 96.9 Å². The first-order valence-corrected chi connectivity index (χ1v) is 7.42. The molecule has 0 radical (unpaired) electrons. The van der Waals surface area contributed by atoms with E-state index in [0.717, 1.165) is 16.8 Å². The minimum absolute atomic E-state index is 0.0327. The van der Waals surface area contributed by atoms with Crippen molar-refractivity contribution in [3.05, 3.63) is 51.5 Å². The molecule has 120 valence electrons. The zero-order chi connectivity index (χ0) is 17.3. The van der Waals surface area contributed by atoms with Crippen LogP contribution in [0.5, 0.6) is 11.6 Å². The van der Waals surface area contributed by atoms with Crippen molar-refractivity contribution in [2.75, 3.05) is 6.61 Å². The van der Waals surface area contributed by atoms with E-state index >= 15 is 0 Å². The fourth-order valence-electron chi connectivity index (χ4n) is 2.67. The van der Waals surface area contributed by atoms with Gasteiger partial charge in [0, 0.05) is 11.3 Å². The summed E-state index contributed by atoms with van der Waals surface area (Å²) < 4.78 is 10.8. The normalized spacial score (nSPS) is 15.9. The average molecular weight is 341 g/mol. The van der Waals surface area contributed by atoms with Crippen LogP contribution in [0.3, 0.4) is 0 Å². The van der Waals surface area contributed by atoms with Gasteiger partial charge in [-0.25, -0.2) is 0 Å². The number of aromatic nitrogens is 2. The highest BCUT2D eigenvalue weighted by Crippen LogP contribution is 2.43. The first kappa shape index (κ1) is 15.8. The molecule has 0 unspecified atom stereocenters. The SMILES string of the molecule is C#CCOc1ccc([C@H]2C(C#N)=C(N)Oc3n[nH]c(C)c32)cc1Cl. The molecule has 1 aliphatic rings. The molecule has 2 aromatic rings. The van der Waals surface area contributed by atoms with Crippen LogP contribution in [0.2, 0.25) is 5.02 Å². The van der Waals surface area contributed by atoms with E-state index in [1.54, 1.807) is 12.1 Å². The molecule has 0 fully saturated rings. The molecule has 1 aliphatic heterocycles. The molecule has 0 saturated carbocycles. The molecule has 0 aliphatic carbocycles. The number of benzene rings is 1. The van der Waals surface area contributed by atoms with E-state index in [1.807, 2.05) is 13.0 Å². The maximum atomic E-state index is 9.51. The number of nitrogens with zero attached hydrogens (tertiary/aromatic N) is 2. The maximum Gasteiger partial charge on any atom is 0.244 e. The van der Waals surface area contributed by atoms with E-state index in [9.17, 15) is 5.26 Å². The molecule has 1 aromatic carbocycles. The van der Waals surface area contributed by atoms with Crippen molar-refractivity contribution < 1.29 is 9.47 Å². The molecule has 6 nitrogen and oxygen atoms in total. The number of hydrogen-bond acceptors (Lipinski definition) is 5. The van der Waals surface area contributed by atoms with Gasteiger partial charge < -0.3 is 15.2 Å². The maximum absolute atomic E-state index is 9.51. The van der Waals surface area contributed by atoms with Crippen molar-refractivity contribution in [3.63, 3.8) is 0 Å². The average Bonchev–Trinajstić information content (AvgIpc) is 2.93. The Labute approximate surface area is 143 Å². The molecule has 3 N–H and O–H groups in total. The third-order valence-electron chi connectivity index (χ3n) is 3.73. The third kappa shape index (κ3) is 2.54. The Morgan fingerprint density at radius 1 is 1.54 bits per heavy atom. The zero-order valence-electron chi connectivity index (χ0n) is 12.8. The number of H-pyrrole nitrogens is 1. The Hall–Kier alpha value is -3.09. The number of aromatic amines is 1. The number of rotatable bonds is 3. The lowest BCUT2D eigenvalue weighted by Crippen LogP contribution is -2.21. The van der Waals surface area contributed by atoms with Gasteiger partial charge in [-0.2, -0.15) is 5.26 Å². The molecule has 0 saturated heterocycles. The van der Waals surface area contributed by atoms with E-state index in [-0.39, 0.29) is 12.5 Å². The third-order valence-corrected chi connectivity index (χ3v) is 4.03. The Bertz CT molecular complexity index is 918. The minimum Gasteiger partial charge on any atom is -0.479 e. The lowest BCUT2D eigenvalue weighted by atomic mass is 9.84. The molecule has 0 amide bonds. The number of nitrogens with two attached hydrogens (primary N) is 1. The molecule has 0 bridgehead atoms. The molecule has 7 heteroatoms. The van der Waals surface area contributed by atoms with E-state index in [0.29, 0.717) is 22.2 Å². The molecule has 1 aromatic heterocycles. The summed E-state index contributed by atoms with van der Waals surface area (Å²) in [4.78, 5) is 0. The molecule has 0 spiro atoms. The van der Waals surface area contributed by atoms with Crippen LogP contribution in [0.25, 0.3) is 0 Å². The standard InChI is InChI=1S/C17H13ClN4O2/c1-3-6-23-13-5-4-10(7-12(13)18)15-11(8-19)16(20)24-17-14(15)9(2)21-22-17/h1,4-5,7,15H,6,20H2,2H3,(H,21,22)/t15-/m0/s1. The van der Waals surface area contributed by atoms with Crippen molar-refractivity contribution in [2.24, 2.45) is 5.73 Å². The predicted molar refractivity (Wildman–Crippen MR) is 88.4 cm³/mol. The van der Waals surface area contributed by atoms with Crippen molar-refractivity contribution in [1.29, 1.82) is 5.26 Å². The molecule has 3 rings (SSSR count). The highest BCUT2D eigenvalue weighted by molar-refractivity contribution is 6.32. The van der Waals surface area contributed by atoms with E-state index in [2.05, 4.69) is 22.2 Å². The Balaban J connectivity index is 2.10. The highest BCUT2D eigenvalue weighted by atomic mass is 35.5. The number of nitriles is 1. The number of nitrogens with one attached hydrogen (secondary N) is 1. The van der Waals surface area contributed by atoms with Gasteiger partial charge in [0.15, 0.2) is 0 Å². The monoisotopic (exact) mass is 340 g/mol.